The highest BCUT2D eigenvalue weighted by Crippen LogP contribution is 2.20. The maximum Gasteiger partial charge on any atom is 0.169 e. The highest BCUT2D eigenvalue weighted by atomic mass is 16.5. The van der Waals surface area contributed by atoms with Crippen LogP contribution in [-0.2, 0) is 6.54 Å². The van der Waals surface area contributed by atoms with E-state index < -0.39 is 0 Å². The maximum absolute atomic E-state index is 10.8. The van der Waals surface area contributed by atoms with Crippen LogP contribution in [-0.4, -0.2) is 34.8 Å². The van der Waals surface area contributed by atoms with Gasteiger partial charge in [0.05, 0.1) is 24.2 Å². The zero-order valence-electron chi connectivity index (χ0n) is 15.8. The number of nitrogens with zero attached hydrogens (tertiary/aromatic N) is 2. The first-order chi connectivity index (χ1) is 13.7. The molecule has 1 aromatic heterocycles. The number of quaternary nitrogens is 1. The lowest BCUT2D eigenvalue weighted by Gasteiger charge is -2.19. The molecule has 1 unspecified atom stereocenters. The Morgan fingerprint density at radius 2 is 2.00 bits per heavy atom. The maximum atomic E-state index is 10.8. The van der Waals surface area contributed by atoms with Crippen molar-refractivity contribution >= 4 is 16.6 Å². The minimum absolute atomic E-state index is 0.0805. The van der Waals surface area contributed by atoms with Crippen molar-refractivity contribution in [3.05, 3.63) is 65.7 Å². The molecule has 1 atom stereocenters. The molecule has 3 N–H and O–H groups in total. The first-order valence-corrected chi connectivity index (χ1v) is 9.42. The van der Waals surface area contributed by atoms with Crippen molar-refractivity contribution in [1.82, 2.24) is 9.97 Å². The number of aromatic amines is 1. The van der Waals surface area contributed by atoms with Crippen molar-refractivity contribution in [1.29, 1.82) is 5.26 Å². The molecule has 0 saturated heterocycles. The molecular weight excluding hydrogens is 352 g/mol. The van der Waals surface area contributed by atoms with Gasteiger partial charge in [-0.05, 0) is 36.4 Å². The van der Waals surface area contributed by atoms with E-state index in [0.717, 1.165) is 36.2 Å². The van der Waals surface area contributed by atoms with Crippen molar-refractivity contribution < 1.29 is 14.7 Å². The summed E-state index contributed by atoms with van der Waals surface area (Å²) in [5.74, 6) is 1.33. The summed E-state index contributed by atoms with van der Waals surface area (Å²) < 4.78 is 5.22. The molecule has 1 heterocycles. The predicted molar refractivity (Wildman–Crippen MR) is 107 cm³/mol. The third-order valence-corrected chi connectivity index (χ3v) is 5.17. The van der Waals surface area contributed by atoms with E-state index in [1.807, 2.05) is 48.5 Å². The van der Waals surface area contributed by atoms with Gasteiger partial charge in [-0.3, -0.25) is 0 Å². The fourth-order valence-corrected chi connectivity index (χ4v) is 3.48. The summed E-state index contributed by atoms with van der Waals surface area (Å²) in [5.41, 5.74) is 3.02. The number of hydrogen-bond donors (Lipinski definition) is 3. The predicted octanol–water partition coefficient (Wildman–Crippen LogP) is 2.61. The Hall–Kier alpha value is -3.30. The van der Waals surface area contributed by atoms with Crippen molar-refractivity contribution in [2.24, 2.45) is 0 Å². The Balaban J connectivity index is 1.56. The smallest absolute Gasteiger partial charge is 0.169 e. The topological polar surface area (TPSA) is 86.4 Å². The summed E-state index contributed by atoms with van der Waals surface area (Å²) in [5, 5.41) is 20.4. The van der Waals surface area contributed by atoms with E-state index in [0.29, 0.717) is 18.4 Å². The van der Waals surface area contributed by atoms with Crippen LogP contribution in [0.2, 0.25) is 0 Å². The minimum atomic E-state index is 0.0805. The molecule has 1 aliphatic rings. The number of para-hydroxylation sites is 2. The molecule has 1 aliphatic carbocycles. The average molecular weight is 375 g/mol. The van der Waals surface area contributed by atoms with Gasteiger partial charge in [-0.1, -0.05) is 12.1 Å². The number of aliphatic hydroxyl groups is 1. The van der Waals surface area contributed by atoms with E-state index in [9.17, 15) is 10.4 Å². The van der Waals surface area contributed by atoms with E-state index in [1.54, 1.807) is 7.11 Å². The van der Waals surface area contributed by atoms with Gasteiger partial charge in [-0.2, -0.15) is 5.26 Å². The fraction of sp³-hybridized carbons (Fsp3) is 0.273. The Morgan fingerprint density at radius 1 is 1.25 bits per heavy atom. The van der Waals surface area contributed by atoms with Crippen LogP contribution in [0.1, 0.15) is 24.2 Å². The van der Waals surface area contributed by atoms with Crippen LogP contribution < -0.4 is 9.64 Å². The summed E-state index contributed by atoms with van der Waals surface area (Å²) in [6.07, 6.45) is 2.29. The summed E-state index contributed by atoms with van der Waals surface area (Å²) in [4.78, 5) is 8.85. The van der Waals surface area contributed by atoms with Gasteiger partial charge in [0.15, 0.2) is 11.6 Å². The second kappa shape index (κ2) is 7.75. The second-order valence-electron chi connectivity index (χ2n) is 7.17. The number of nitrogens with one attached hydrogen (secondary N) is 2. The first-order valence-electron chi connectivity index (χ1n) is 9.42. The number of methoxy groups -OCH3 is 1. The van der Waals surface area contributed by atoms with Crippen LogP contribution in [0, 0.1) is 11.3 Å². The molecule has 3 aromatic rings. The number of imidazole rings is 1. The SMILES string of the molecule is COc1ccc(C[NH+](C/C(O)=C(\C#N)c2nc3ccccc3[nH]2)C2CC2)cc1. The van der Waals surface area contributed by atoms with E-state index >= 15 is 0 Å². The van der Waals surface area contributed by atoms with Crippen LogP contribution in [0.4, 0.5) is 0 Å². The van der Waals surface area contributed by atoms with Crippen LogP contribution in [0.15, 0.2) is 54.3 Å². The molecule has 142 valence electrons. The molecule has 0 radical (unpaired) electrons. The Kier molecular flexibility index (Phi) is 5.00. The molecule has 6 nitrogen and oxygen atoms in total. The quantitative estimate of drug-likeness (QED) is 0.438. The molecule has 0 spiro atoms. The van der Waals surface area contributed by atoms with Crippen LogP contribution in [0.5, 0.6) is 5.75 Å². The number of fused-ring (bicyclic) bond motifs is 1. The first kappa shape index (κ1) is 18.1. The molecule has 6 heteroatoms. The van der Waals surface area contributed by atoms with Crippen molar-refractivity contribution in [3.8, 4) is 11.8 Å². The molecule has 4 rings (SSSR count). The van der Waals surface area contributed by atoms with Gasteiger partial charge in [-0.25, -0.2) is 4.98 Å². The summed E-state index contributed by atoms with van der Waals surface area (Å²) in [7, 11) is 1.65. The largest absolute Gasteiger partial charge is 0.506 e. The highest BCUT2D eigenvalue weighted by Gasteiger charge is 2.34. The molecule has 0 aliphatic heterocycles. The molecular formula is C22H23N4O2+. The van der Waals surface area contributed by atoms with Crippen LogP contribution in [0.25, 0.3) is 16.6 Å². The Labute approximate surface area is 163 Å². The minimum Gasteiger partial charge on any atom is -0.506 e. The average Bonchev–Trinajstić information content (AvgIpc) is 3.48. The highest BCUT2D eigenvalue weighted by molar-refractivity contribution is 5.82. The normalized spacial score (nSPS) is 15.7. The third kappa shape index (κ3) is 3.85. The number of hydrogen-bond acceptors (Lipinski definition) is 4. The number of ether oxygens (including phenoxy) is 1. The zero-order valence-corrected chi connectivity index (χ0v) is 15.8. The van der Waals surface area contributed by atoms with Gasteiger partial charge >= 0.3 is 0 Å². The van der Waals surface area contributed by atoms with Crippen LogP contribution >= 0.6 is 0 Å². The van der Waals surface area contributed by atoms with E-state index in [1.165, 1.54) is 10.5 Å². The third-order valence-electron chi connectivity index (χ3n) is 5.17. The second-order valence-corrected chi connectivity index (χ2v) is 7.17. The number of nitriles is 1. The van der Waals surface area contributed by atoms with Gasteiger partial charge in [0.25, 0.3) is 0 Å². The van der Waals surface area contributed by atoms with Gasteiger partial charge in [-0.15, -0.1) is 0 Å². The number of allylic oxidation sites excluding steroid dienone is 1. The standard InChI is InChI=1S/C22H22N4O2/c1-28-17-10-6-15(7-11-17)13-26(16-8-9-16)14-21(27)18(12-23)22-24-19-4-2-3-5-20(19)25-22/h2-7,10-11,16,27H,8-9,13-14H2,1H3,(H,24,25)/p+1/b21-18-. The number of rotatable bonds is 7. The van der Waals surface area contributed by atoms with Gasteiger partial charge in [0.1, 0.15) is 30.5 Å². The van der Waals surface area contributed by atoms with E-state index in [2.05, 4.69) is 16.0 Å². The lowest BCUT2D eigenvalue weighted by atomic mass is 10.1. The zero-order chi connectivity index (χ0) is 19.5. The van der Waals surface area contributed by atoms with Crippen molar-refractivity contribution in [3.63, 3.8) is 0 Å². The molecule has 0 bridgehead atoms. The number of aromatic nitrogens is 2. The lowest BCUT2D eigenvalue weighted by Crippen LogP contribution is -3.12. The Morgan fingerprint density at radius 3 is 2.64 bits per heavy atom. The van der Waals surface area contributed by atoms with E-state index in [-0.39, 0.29) is 11.3 Å². The van der Waals surface area contributed by atoms with Crippen LogP contribution in [0.3, 0.4) is 0 Å². The van der Waals surface area contributed by atoms with Crippen molar-refractivity contribution in [2.75, 3.05) is 13.7 Å². The number of benzene rings is 2. The van der Waals surface area contributed by atoms with Gasteiger partial charge in [0, 0.05) is 18.4 Å². The van der Waals surface area contributed by atoms with Gasteiger partial charge < -0.3 is 19.7 Å². The van der Waals surface area contributed by atoms with Crippen molar-refractivity contribution in [2.45, 2.75) is 25.4 Å². The Bertz CT molecular complexity index is 1010. The summed E-state index contributed by atoms with van der Waals surface area (Å²) >= 11 is 0. The molecule has 1 fully saturated rings. The monoisotopic (exact) mass is 375 g/mol. The molecule has 0 amide bonds. The molecule has 28 heavy (non-hydrogen) atoms. The van der Waals surface area contributed by atoms with E-state index in [4.69, 9.17) is 4.74 Å². The summed E-state index contributed by atoms with van der Waals surface area (Å²) in [6.45, 7) is 1.19. The summed E-state index contributed by atoms with van der Waals surface area (Å²) in [6, 6.07) is 18.2. The fourth-order valence-electron chi connectivity index (χ4n) is 3.48. The molecule has 1 saturated carbocycles. The molecule has 2 aromatic carbocycles. The number of H-pyrrole nitrogens is 1. The number of aliphatic hydroxyl groups excluding tert-OH is 1. The lowest BCUT2D eigenvalue weighted by molar-refractivity contribution is -0.921. The van der Waals surface area contributed by atoms with Gasteiger partial charge in [0.2, 0.25) is 0 Å².